The van der Waals surface area contributed by atoms with Gasteiger partial charge in [0.05, 0.1) is 5.92 Å². The van der Waals surface area contributed by atoms with Crippen LogP contribution in [-0.4, -0.2) is 5.91 Å². The Balaban J connectivity index is 2.53. The van der Waals surface area contributed by atoms with Gasteiger partial charge in [0.1, 0.15) is 0 Å². The predicted octanol–water partition coefficient (Wildman–Crippen LogP) is 3.47. The SMILES string of the molecule is CCC(C)(C)C1C(=O)Nc2c(C)cccc21. The van der Waals surface area contributed by atoms with Crippen LogP contribution in [0.15, 0.2) is 18.2 Å². The van der Waals surface area contributed by atoms with E-state index in [9.17, 15) is 4.79 Å². The van der Waals surface area contributed by atoms with Gasteiger partial charge in [-0.25, -0.2) is 0 Å². The molecule has 1 atom stereocenters. The summed E-state index contributed by atoms with van der Waals surface area (Å²) in [6, 6.07) is 6.15. The van der Waals surface area contributed by atoms with Crippen molar-refractivity contribution in [1.29, 1.82) is 0 Å². The van der Waals surface area contributed by atoms with Gasteiger partial charge in [-0.15, -0.1) is 0 Å². The highest BCUT2D eigenvalue weighted by Crippen LogP contribution is 2.46. The topological polar surface area (TPSA) is 29.1 Å². The maximum atomic E-state index is 12.1. The number of carbonyl (C=O) groups is 1. The number of aryl methyl sites for hydroxylation is 1. The van der Waals surface area contributed by atoms with Gasteiger partial charge in [0, 0.05) is 5.69 Å². The molecule has 1 aliphatic rings. The van der Waals surface area contributed by atoms with Gasteiger partial charge in [0.15, 0.2) is 0 Å². The lowest BCUT2D eigenvalue weighted by Crippen LogP contribution is -2.27. The van der Waals surface area contributed by atoms with Crippen molar-refractivity contribution < 1.29 is 4.79 Å². The maximum Gasteiger partial charge on any atom is 0.232 e. The van der Waals surface area contributed by atoms with E-state index in [1.165, 1.54) is 0 Å². The van der Waals surface area contributed by atoms with Crippen molar-refractivity contribution in [3.05, 3.63) is 29.3 Å². The Labute approximate surface area is 97.1 Å². The van der Waals surface area contributed by atoms with E-state index in [-0.39, 0.29) is 17.2 Å². The molecule has 0 saturated carbocycles. The number of anilines is 1. The van der Waals surface area contributed by atoms with Crippen molar-refractivity contribution in [1.82, 2.24) is 0 Å². The molecule has 0 saturated heterocycles. The fourth-order valence-corrected chi connectivity index (χ4v) is 2.42. The van der Waals surface area contributed by atoms with E-state index >= 15 is 0 Å². The first-order valence-corrected chi connectivity index (χ1v) is 5.87. The normalized spacial score (nSPS) is 19.5. The summed E-state index contributed by atoms with van der Waals surface area (Å²) < 4.78 is 0. The minimum Gasteiger partial charge on any atom is -0.325 e. The first kappa shape index (κ1) is 11.2. The zero-order valence-corrected chi connectivity index (χ0v) is 10.4. The van der Waals surface area contributed by atoms with Crippen molar-refractivity contribution in [2.45, 2.75) is 40.0 Å². The number of hydrogen-bond donors (Lipinski definition) is 1. The summed E-state index contributed by atoms with van der Waals surface area (Å²) in [7, 11) is 0. The average Bonchev–Trinajstić information content (AvgIpc) is 2.57. The van der Waals surface area contributed by atoms with Crippen LogP contribution in [0.5, 0.6) is 0 Å². The molecule has 1 aliphatic heterocycles. The van der Waals surface area contributed by atoms with E-state index in [0.29, 0.717) is 0 Å². The van der Waals surface area contributed by atoms with Crippen LogP contribution in [0, 0.1) is 12.3 Å². The number of benzene rings is 1. The standard InChI is InChI=1S/C14H19NO/c1-5-14(3,4)11-10-8-6-7-9(2)12(10)15-13(11)16/h6-8,11H,5H2,1-4H3,(H,15,16). The molecule has 0 aliphatic carbocycles. The Morgan fingerprint density at radius 1 is 1.38 bits per heavy atom. The van der Waals surface area contributed by atoms with Gasteiger partial charge >= 0.3 is 0 Å². The maximum absolute atomic E-state index is 12.1. The molecular formula is C14H19NO. The Hall–Kier alpha value is -1.31. The zero-order valence-electron chi connectivity index (χ0n) is 10.4. The summed E-state index contributed by atoms with van der Waals surface area (Å²) in [5, 5.41) is 3.02. The summed E-state index contributed by atoms with van der Waals surface area (Å²) >= 11 is 0. The molecule has 0 aromatic heterocycles. The van der Waals surface area contributed by atoms with Gasteiger partial charge in [0.2, 0.25) is 5.91 Å². The molecule has 0 fully saturated rings. The molecule has 1 aromatic carbocycles. The van der Waals surface area contributed by atoms with Crippen molar-refractivity contribution in [3.63, 3.8) is 0 Å². The Morgan fingerprint density at radius 3 is 2.69 bits per heavy atom. The van der Waals surface area contributed by atoms with Crippen LogP contribution in [0.2, 0.25) is 0 Å². The fraction of sp³-hybridized carbons (Fsp3) is 0.500. The van der Waals surface area contributed by atoms with E-state index in [2.05, 4.69) is 32.2 Å². The van der Waals surface area contributed by atoms with Gasteiger partial charge in [-0.2, -0.15) is 0 Å². The Bertz CT molecular complexity index is 434. The van der Waals surface area contributed by atoms with Crippen molar-refractivity contribution in [2.24, 2.45) is 5.41 Å². The molecule has 2 nitrogen and oxygen atoms in total. The zero-order chi connectivity index (χ0) is 11.9. The summed E-state index contributed by atoms with van der Waals surface area (Å²) in [5.41, 5.74) is 3.36. The van der Waals surface area contributed by atoms with Gasteiger partial charge < -0.3 is 5.32 Å². The van der Waals surface area contributed by atoms with Crippen LogP contribution in [-0.2, 0) is 4.79 Å². The first-order chi connectivity index (χ1) is 7.47. The third-order valence-corrected chi connectivity index (χ3v) is 3.82. The monoisotopic (exact) mass is 217 g/mol. The molecule has 0 bridgehead atoms. The third-order valence-electron chi connectivity index (χ3n) is 3.82. The molecule has 86 valence electrons. The molecule has 2 rings (SSSR count). The van der Waals surface area contributed by atoms with Crippen LogP contribution >= 0.6 is 0 Å². The number of nitrogens with one attached hydrogen (secondary N) is 1. The number of fused-ring (bicyclic) bond motifs is 1. The number of carbonyl (C=O) groups excluding carboxylic acids is 1. The Morgan fingerprint density at radius 2 is 2.06 bits per heavy atom. The van der Waals surface area contributed by atoms with Crippen molar-refractivity contribution in [2.75, 3.05) is 5.32 Å². The molecule has 0 radical (unpaired) electrons. The minimum absolute atomic E-state index is 0.00704. The second-order valence-electron chi connectivity index (χ2n) is 5.30. The molecule has 1 heterocycles. The summed E-state index contributed by atoms with van der Waals surface area (Å²) in [4.78, 5) is 12.1. The molecule has 1 aromatic rings. The van der Waals surface area contributed by atoms with Gasteiger partial charge in [0.25, 0.3) is 0 Å². The van der Waals surface area contributed by atoms with E-state index < -0.39 is 0 Å². The van der Waals surface area contributed by atoms with Crippen LogP contribution < -0.4 is 5.32 Å². The van der Waals surface area contributed by atoms with Crippen molar-refractivity contribution in [3.8, 4) is 0 Å². The smallest absolute Gasteiger partial charge is 0.232 e. The number of rotatable bonds is 2. The van der Waals surface area contributed by atoms with Crippen LogP contribution in [0.1, 0.15) is 44.2 Å². The third kappa shape index (κ3) is 1.53. The average molecular weight is 217 g/mol. The van der Waals surface area contributed by atoms with E-state index in [1.54, 1.807) is 0 Å². The number of hydrogen-bond acceptors (Lipinski definition) is 1. The lowest BCUT2D eigenvalue weighted by molar-refractivity contribution is -0.119. The van der Waals surface area contributed by atoms with Gasteiger partial charge in [-0.3, -0.25) is 4.79 Å². The highest BCUT2D eigenvalue weighted by molar-refractivity contribution is 6.04. The predicted molar refractivity (Wildman–Crippen MR) is 66.6 cm³/mol. The second-order valence-corrected chi connectivity index (χ2v) is 5.30. The minimum atomic E-state index is -0.00704. The quantitative estimate of drug-likeness (QED) is 0.807. The summed E-state index contributed by atoms with van der Waals surface area (Å²) in [5.74, 6) is 0.142. The highest BCUT2D eigenvalue weighted by Gasteiger charge is 2.41. The van der Waals surface area contributed by atoms with E-state index in [0.717, 1.165) is 23.2 Å². The van der Waals surface area contributed by atoms with Crippen molar-refractivity contribution >= 4 is 11.6 Å². The molecular weight excluding hydrogens is 198 g/mol. The Kier molecular flexibility index (Phi) is 2.53. The first-order valence-electron chi connectivity index (χ1n) is 5.87. The van der Waals surface area contributed by atoms with Gasteiger partial charge in [-0.05, 0) is 29.9 Å². The molecule has 1 amide bonds. The van der Waals surface area contributed by atoms with E-state index in [4.69, 9.17) is 0 Å². The molecule has 2 heteroatoms. The fourth-order valence-electron chi connectivity index (χ4n) is 2.42. The molecule has 1 N–H and O–H groups in total. The van der Waals surface area contributed by atoms with Crippen LogP contribution in [0.4, 0.5) is 5.69 Å². The summed E-state index contributed by atoms with van der Waals surface area (Å²) in [6.07, 6.45) is 0.998. The molecule has 16 heavy (non-hydrogen) atoms. The second kappa shape index (κ2) is 3.62. The van der Waals surface area contributed by atoms with E-state index in [1.807, 2.05) is 19.1 Å². The molecule has 0 spiro atoms. The summed E-state index contributed by atoms with van der Waals surface area (Å²) in [6.45, 7) is 8.50. The molecule has 1 unspecified atom stereocenters. The lowest BCUT2D eigenvalue weighted by Gasteiger charge is -2.28. The number of amides is 1. The lowest BCUT2D eigenvalue weighted by atomic mass is 9.73. The largest absolute Gasteiger partial charge is 0.325 e. The van der Waals surface area contributed by atoms with Gasteiger partial charge in [-0.1, -0.05) is 39.0 Å². The van der Waals surface area contributed by atoms with Crippen LogP contribution in [0.25, 0.3) is 0 Å². The number of para-hydroxylation sites is 1. The van der Waals surface area contributed by atoms with Crippen LogP contribution in [0.3, 0.4) is 0 Å². The highest BCUT2D eigenvalue weighted by atomic mass is 16.2.